The van der Waals surface area contributed by atoms with Gasteiger partial charge in [0.1, 0.15) is 24.2 Å². The minimum absolute atomic E-state index is 0.00208. The summed E-state index contributed by atoms with van der Waals surface area (Å²) >= 11 is 0. The molecule has 1 aliphatic heterocycles. The highest BCUT2D eigenvalue weighted by atomic mass is 16.8. The van der Waals surface area contributed by atoms with Crippen molar-refractivity contribution in [3.05, 3.63) is 113 Å². The summed E-state index contributed by atoms with van der Waals surface area (Å²) in [5.74, 6) is -0.000809. The Labute approximate surface area is 249 Å². The first-order chi connectivity index (χ1) is 20.8. The van der Waals surface area contributed by atoms with E-state index >= 15 is 0 Å². The first-order valence-corrected chi connectivity index (χ1v) is 14.4. The zero-order chi connectivity index (χ0) is 30.0. The number of aromatic amines is 1. The van der Waals surface area contributed by atoms with Crippen LogP contribution < -0.4 is 15.9 Å². The number of rotatable bonds is 12. The van der Waals surface area contributed by atoms with Crippen molar-refractivity contribution in [1.82, 2.24) is 15.3 Å². The van der Waals surface area contributed by atoms with Gasteiger partial charge in [-0.15, -0.1) is 0 Å². The molecule has 43 heavy (non-hydrogen) atoms. The van der Waals surface area contributed by atoms with Gasteiger partial charge in [0.2, 0.25) is 0 Å². The van der Waals surface area contributed by atoms with Crippen molar-refractivity contribution in [3.63, 3.8) is 0 Å². The van der Waals surface area contributed by atoms with Crippen molar-refractivity contribution in [2.45, 2.75) is 38.1 Å². The molecule has 0 bridgehead atoms. The lowest BCUT2D eigenvalue weighted by Gasteiger charge is -2.48. The maximum atomic E-state index is 12.8. The van der Waals surface area contributed by atoms with Crippen molar-refractivity contribution >= 4 is 22.7 Å². The van der Waals surface area contributed by atoms with Crippen LogP contribution in [0.2, 0.25) is 0 Å². The summed E-state index contributed by atoms with van der Waals surface area (Å²) in [6.45, 7) is 4.45. The van der Waals surface area contributed by atoms with E-state index in [0.29, 0.717) is 30.3 Å². The minimum atomic E-state index is -0.868. The number of oxazole rings is 1. The topological polar surface area (TPSA) is 140 Å². The number of Topliss-reactive ketones (excluding diaryl/α,β-unsaturated/α-hetero) is 1. The number of ether oxygens (including phenoxy) is 1. The fourth-order valence-electron chi connectivity index (χ4n) is 5.66. The second kappa shape index (κ2) is 12.1. The predicted molar refractivity (Wildman–Crippen MR) is 163 cm³/mol. The number of ketones is 1. The molecule has 3 heterocycles. The molecular formula is C33H35N5O5. The molecule has 1 saturated heterocycles. The van der Waals surface area contributed by atoms with Crippen molar-refractivity contribution in [2.24, 2.45) is 5.92 Å². The summed E-state index contributed by atoms with van der Waals surface area (Å²) in [6.07, 6.45) is 3.94. The number of para-hydroxylation sites is 1. The van der Waals surface area contributed by atoms with Crippen LogP contribution >= 0.6 is 0 Å². The van der Waals surface area contributed by atoms with Crippen molar-refractivity contribution in [3.8, 4) is 11.3 Å². The van der Waals surface area contributed by atoms with Gasteiger partial charge in [0.25, 0.3) is 6.01 Å². The summed E-state index contributed by atoms with van der Waals surface area (Å²) < 4.78 is 11.8. The third-order valence-electron chi connectivity index (χ3n) is 8.40. The van der Waals surface area contributed by atoms with Crippen LogP contribution in [0.4, 0.5) is 6.01 Å². The number of anilines is 1. The number of hydroxylamine groups is 2. The highest BCUT2D eigenvalue weighted by molar-refractivity contribution is 5.97. The number of fused-ring (bicyclic) bond motifs is 1. The molecule has 0 amide bonds. The Bertz CT molecular complexity index is 1680. The van der Waals surface area contributed by atoms with Crippen LogP contribution in [0.25, 0.3) is 22.2 Å². The lowest BCUT2D eigenvalue weighted by atomic mass is 9.77. The van der Waals surface area contributed by atoms with Gasteiger partial charge in [-0.2, -0.15) is 4.98 Å². The van der Waals surface area contributed by atoms with E-state index in [9.17, 15) is 15.2 Å². The van der Waals surface area contributed by atoms with Gasteiger partial charge >= 0.3 is 0 Å². The molecule has 3 aromatic carbocycles. The Morgan fingerprint density at radius 3 is 2.60 bits per heavy atom. The number of quaternary nitrogens is 1. The second-order valence-electron chi connectivity index (χ2n) is 11.3. The number of H-pyrrole nitrogens is 1. The highest BCUT2D eigenvalue weighted by Gasteiger charge is 2.47. The second-order valence-corrected chi connectivity index (χ2v) is 11.3. The van der Waals surface area contributed by atoms with Crippen LogP contribution in [0.15, 0.2) is 95.7 Å². The number of carbonyl (C=O) groups excluding carboxylic acids is 1. The van der Waals surface area contributed by atoms with E-state index in [1.165, 1.54) is 0 Å². The molecule has 10 heteroatoms. The van der Waals surface area contributed by atoms with Crippen LogP contribution in [-0.2, 0) is 11.2 Å². The summed E-state index contributed by atoms with van der Waals surface area (Å²) in [7, 11) is 0. The molecule has 6 rings (SSSR count). The van der Waals surface area contributed by atoms with Crippen molar-refractivity contribution in [1.29, 1.82) is 0 Å². The average molecular weight is 582 g/mol. The van der Waals surface area contributed by atoms with Gasteiger partial charge in [0.05, 0.1) is 18.7 Å². The Hall–Kier alpha value is -4.32. The Morgan fingerprint density at radius 1 is 1.14 bits per heavy atom. The standard InChI is InChI=1S/C33H35N5O5/c1-21(38(40)41)22-12-14-23(15-13-22)29-20-43-32(36-29)37-33(2,16-25-17-34-28-11-7-6-10-26(25)28)27-19-42-31(27)35-18-30(39)24-8-4-3-5-9-24/h3-15,17,20-21,27,31,34-35,38,40H,16,18-19H2,1-2H3,(H,36,37). The van der Waals surface area contributed by atoms with E-state index < -0.39 is 16.8 Å². The van der Waals surface area contributed by atoms with Crippen LogP contribution in [0, 0.1) is 11.1 Å². The molecule has 5 N–H and O–H groups in total. The van der Waals surface area contributed by atoms with Gasteiger partial charge in [-0.05, 0) is 31.9 Å². The third kappa shape index (κ3) is 6.10. The number of benzene rings is 3. The van der Waals surface area contributed by atoms with Gasteiger partial charge in [-0.3, -0.25) is 10.1 Å². The molecule has 0 radical (unpaired) electrons. The maximum absolute atomic E-state index is 12.8. The molecule has 0 saturated carbocycles. The van der Waals surface area contributed by atoms with Crippen LogP contribution in [0.3, 0.4) is 0 Å². The van der Waals surface area contributed by atoms with Crippen molar-refractivity contribution < 1.29 is 24.4 Å². The van der Waals surface area contributed by atoms with E-state index in [1.807, 2.05) is 60.8 Å². The van der Waals surface area contributed by atoms with E-state index in [4.69, 9.17) is 14.1 Å². The van der Waals surface area contributed by atoms with Gasteiger partial charge in [0.15, 0.2) is 5.78 Å². The predicted octanol–water partition coefficient (Wildman–Crippen LogP) is 4.51. The molecule has 1 aliphatic rings. The minimum Gasteiger partial charge on any atom is -0.600 e. The number of hydrogen-bond acceptors (Lipinski definition) is 8. The molecule has 0 spiro atoms. The summed E-state index contributed by atoms with van der Waals surface area (Å²) in [6, 6.07) is 24.5. The SMILES string of the molecule is CC(c1ccc(-c2coc(NC(C)(Cc3c[nH]c4ccccc34)C3COC3NCC(=O)c3ccccc3)n2)cc1)[NH+]([O-])O. The molecule has 2 aromatic heterocycles. The van der Waals surface area contributed by atoms with Gasteiger partial charge in [0, 0.05) is 39.7 Å². The zero-order valence-electron chi connectivity index (χ0n) is 24.0. The number of nitrogens with zero attached hydrogens (tertiary/aromatic N) is 1. The highest BCUT2D eigenvalue weighted by Crippen LogP contribution is 2.37. The van der Waals surface area contributed by atoms with E-state index in [-0.39, 0.29) is 24.5 Å². The Morgan fingerprint density at radius 2 is 1.88 bits per heavy atom. The van der Waals surface area contributed by atoms with Gasteiger partial charge in [-0.25, -0.2) is 10.4 Å². The normalized spacial score (nSPS) is 19.3. The van der Waals surface area contributed by atoms with Crippen LogP contribution in [0.5, 0.6) is 0 Å². The quantitative estimate of drug-likeness (QED) is 0.107. The summed E-state index contributed by atoms with van der Waals surface area (Å²) in [5, 5.41) is 27.8. The lowest BCUT2D eigenvalue weighted by Crippen LogP contribution is -3.04. The number of hydrogen-bond donors (Lipinski definition) is 5. The Balaban J connectivity index is 1.23. The zero-order valence-corrected chi connectivity index (χ0v) is 24.0. The largest absolute Gasteiger partial charge is 0.600 e. The summed E-state index contributed by atoms with van der Waals surface area (Å²) in [5.41, 5.74) is 4.49. The van der Waals surface area contributed by atoms with Crippen LogP contribution in [-0.4, -0.2) is 45.9 Å². The van der Waals surface area contributed by atoms with E-state index in [0.717, 1.165) is 27.6 Å². The maximum Gasteiger partial charge on any atom is 0.295 e. The molecular weight excluding hydrogens is 546 g/mol. The number of carbonyl (C=O) groups is 1. The fraction of sp³-hybridized carbons (Fsp3) is 0.273. The molecule has 5 unspecified atom stereocenters. The molecule has 5 aromatic rings. The monoisotopic (exact) mass is 581 g/mol. The smallest absolute Gasteiger partial charge is 0.295 e. The average Bonchev–Trinajstić information content (AvgIpc) is 3.63. The first-order valence-electron chi connectivity index (χ1n) is 14.4. The molecule has 222 valence electrons. The molecule has 5 atom stereocenters. The van der Waals surface area contributed by atoms with Crippen LogP contribution in [0.1, 0.15) is 41.4 Å². The molecule has 1 fully saturated rings. The van der Waals surface area contributed by atoms with Gasteiger partial charge < -0.3 is 24.7 Å². The Kier molecular flexibility index (Phi) is 8.11. The number of aromatic nitrogens is 2. The van der Waals surface area contributed by atoms with Crippen molar-refractivity contribution in [2.75, 3.05) is 18.5 Å². The molecule has 10 nitrogen and oxygen atoms in total. The fourth-order valence-corrected chi connectivity index (χ4v) is 5.66. The van der Waals surface area contributed by atoms with Gasteiger partial charge in [-0.1, -0.05) is 72.8 Å². The third-order valence-corrected chi connectivity index (χ3v) is 8.40. The molecule has 0 aliphatic carbocycles. The lowest BCUT2D eigenvalue weighted by molar-refractivity contribution is -1.07. The first kappa shape index (κ1) is 28.8. The van der Waals surface area contributed by atoms with E-state index in [2.05, 4.69) is 34.7 Å². The van der Waals surface area contributed by atoms with E-state index in [1.54, 1.807) is 25.3 Å². The number of nitrogens with one attached hydrogen (secondary N) is 4. The summed E-state index contributed by atoms with van der Waals surface area (Å²) in [4.78, 5) is 20.9.